The summed E-state index contributed by atoms with van der Waals surface area (Å²) in [6, 6.07) is 0. The molecule has 1 atom stereocenters. The van der Waals surface area contributed by atoms with E-state index in [9.17, 15) is 9.59 Å². The minimum atomic E-state index is -1.61. The first-order valence-electron chi connectivity index (χ1n) is 7.95. The van der Waals surface area contributed by atoms with Crippen molar-refractivity contribution < 1.29 is 23.9 Å². The van der Waals surface area contributed by atoms with Crippen LogP contribution in [0, 0.1) is 5.41 Å². The molecule has 1 spiro atoms. The maximum Gasteiger partial charge on any atom is 0.364 e. The van der Waals surface area contributed by atoms with Crippen LogP contribution in [0.5, 0.6) is 0 Å². The van der Waals surface area contributed by atoms with Gasteiger partial charge in [-0.2, -0.15) is 0 Å². The average molecular weight is 310 g/mol. The van der Waals surface area contributed by atoms with Crippen molar-refractivity contribution in [2.45, 2.75) is 51.7 Å². The summed E-state index contributed by atoms with van der Waals surface area (Å²) < 4.78 is 10.1. The molecule has 3 aliphatic rings. The Morgan fingerprint density at radius 3 is 2.59 bits per heavy atom. The van der Waals surface area contributed by atoms with Crippen LogP contribution < -0.4 is 0 Å². The summed E-state index contributed by atoms with van der Waals surface area (Å²) in [5.74, 6) is -0.332. The molecule has 0 radical (unpaired) electrons. The van der Waals surface area contributed by atoms with Gasteiger partial charge in [-0.05, 0) is 39.5 Å². The molecule has 1 saturated carbocycles. The molecule has 7 nitrogen and oxygen atoms in total. The summed E-state index contributed by atoms with van der Waals surface area (Å²) >= 11 is 0. The molecule has 1 saturated heterocycles. The highest BCUT2D eigenvalue weighted by molar-refractivity contribution is 5.97. The molecule has 0 aromatic rings. The van der Waals surface area contributed by atoms with E-state index in [-0.39, 0.29) is 25.0 Å². The van der Waals surface area contributed by atoms with Crippen molar-refractivity contribution in [3.63, 3.8) is 0 Å². The van der Waals surface area contributed by atoms with Gasteiger partial charge in [0, 0.05) is 12.0 Å². The van der Waals surface area contributed by atoms with Crippen LogP contribution in [-0.4, -0.2) is 48.3 Å². The van der Waals surface area contributed by atoms with E-state index < -0.39 is 17.7 Å². The molecule has 2 fully saturated rings. The van der Waals surface area contributed by atoms with E-state index in [1.165, 1.54) is 0 Å². The quantitative estimate of drug-likeness (QED) is 0.715. The molecule has 0 aromatic carbocycles. The molecule has 0 amide bonds. The highest BCUT2D eigenvalue weighted by Crippen LogP contribution is 2.56. The fraction of sp³-hybridized carbons (Fsp3) is 0.800. The Labute approximate surface area is 129 Å². The molecule has 0 bridgehead atoms. The lowest BCUT2D eigenvalue weighted by Crippen LogP contribution is -2.45. The van der Waals surface area contributed by atoms with Gasteiger partial charge >= 0.3 is 11.9 Å². The van der Waals surface area contributed by atoms with E-state index >= 15 is 0 Å². The summed E-state index contributed by atoms with van der Waals surface area (Å²) in [6.45, 7) is 4.59. The molecular weight excluding hydrogens is 288 g/mol. The standard InChI is InChI=1S/C15H22N2O5/c1-3-20-11(18)10-15(13(19)21-4-2)16-12-14(7-8-14)6-5-9-17(12)22-15/h3-10H2,1-2H3. The van der Waals surface area contributed by atoms with Crippen LogP contribution in [0.4, 0.5) is 0 Å². The third-order valence-electron chi connectivity index (χ3n) is 4.41. The number of piperidine rings is 1. The second kappa shape index (κ2) is 5.53. The fourth-order valence-corrected chi connectivity index (χ4v) is 3.18. The van der Waals surface area contributed by atoms with Crippen molar-refractivity contribution >= 4 is 17.8 Å². The number of nitrogens with zero attached hydrogens (tertiary/aromatic N) is 2. The SMILES string of the molecule is CCOC(=O)CC1(C(=O)OCC)N=C2N(CCCC23CC3)O1. The minimum absolute atomic E-state index is 0.0428. The number of carbonyl (C=O) groups excluding carboxylic acids is 2. The molecule has 2 aliphatic heterocycles. The molecule has 1 aliphatic carbocycles. The molecule has 122 valence electrons. The minimum Gasteiger partial charge on any atom is -0.466 e. The summed E-state index contributed by atoms with van der Waals surface area (Å²) in [6.07, 6.45) is 3.92. The van der Waals surface area contributed by atoms with E-state index in [0.29, 0.717) is 6.54 Å². The van der Waals surface area contributed by atoms with E-state index in [1.54, 1.807) is 18.9 Å². The number of rotatable bonds is 5. The molecule has 0 aromatic heterocycles. The predicted molar refractivity (Wildman–Crippen MR) is 76.7 cm³/mol. The van der Waals surface area contributed by atoms with Crippen LogP contribution in [0.3, 0.4) is 0 Å². The van der Waals surface area contributed by atoms with Crippen molar-refractivity contribution in [2.24, 2.45) is 10.4 Å². The number of hydrogen-bond acceptors (Lipinski definition) is 7. The molecule has 1 unspecified atom stereocenters. The molecule has 3 rings (SSSR count). The highest BCUT2D eigenvalue weighted by atomic mass is 16.7. The van der Waals surface area contributed by atoms with Crippen LogP contribution in [-0.2, 0) is 23.9 Å². The Balaban J connectivity index is 1.88. The zero-order valence-electron chi connectivity index (χ0n) is 13.1. The molecule has 7 heteroatoms. The smallest absolute Gasteiger partial charge is 0.364 e. The van der Waals surface area contributed by atoms with Gasteiger partial charge in [0.1, 0.15) is 12.3 Å². The van der Waals surface area contributed by atoms with Crippen molar-refractivity contribution in [2.75, 3.05) is 19.8 Å². The first kappa shape index (κ1) is 15.3. The Morgan fingerprint density at radius 1 is 1.23 bits per heavy atom. The molecule has 22 heavy (non-hydrogen) atoms. The van der Waals surface area contributed by atoms with Gasteiger partial charge < -0.3 is 9.47 Å². The number of ether oxygens (including phenoxy) is 2. The van der Waals surface area contributed by atoms with E-state index in [1.807, 2.05) is 0 Å². The number of aliphatic imine (C=N–C) groups is 1. The van der Waals surface area contributed by atoms with Crippen molar-refractivity contribution in [3.8, 4) is 0 Å². The number of fused-ring (bicyclic) bond motifs is 2. The lowest BCUT2D eigenvalue weighted by Gasteiger charge is -2.31. The van der Waals surface area contributed by atoms with Crippen LogP contribution in [0.15, 0.2) is 4.99 Å². The van der Waals surface area contributed by atoms with Gasteiger partial charge in [-0.25, -0.2) is 19.7 Å². The third kappa shape index (κ3) is 2.47. The summed E-state index contributed by atoms with van der Waals surface area (Å²) in [5.41, 5.74) is -1.57. The van der Waals surface area contributed by atoms with Crippen LogP contribution in [0.2, 0.25) is 0 Å². The molecule has 2 heterocycles. The number of esters is 2. The summed E-state index contributed by atoms with van der Waals surface area (Å²) in [7, 11) is 0. The first-order chi connectivity index (χ1) is 10.6. The van der Waals surface area contributed by atoms with Crippen molar-refractivity contribution in [1.29, 1.82) is 0 Å². The van der Waals surface area contributed by atoms with E-state index in [2.05, 4.69) is 4.99 Å². The van der Waals surface area contributed by atoms with Crippen molar-refractivity contribution in [1.82, 2.24) is 5.06 Å². The lowest BCUT2D eigenvalue weighted by molar-refractivity contribution is -0.215. The highest BCUT2D eigenvalue weighted by Gasteiger charge is 2.60. The van der Waals surface area contributed by atoms with Gasteiger partial charge in [0.2, 0.25) is 0 Å². The molecular formula is C15H22N2O5. The largest absolute Gasteiger partial charge is 0.466 e. The zero-order chi connectivity index (χ0) is 15.8. The third-order valence-corrected chi connectivity index (χ3v) is 4.41. The van der Waals surface area contributed by atoms with Crippen LogP contribution in [0.25, 0.3) is 0 Å². The van der Waals surface area contributed by atoms with Gasteiger partial charge in [-0.15, -0.1) is 0 Å². The Kier molecular flexibility index (Phi) is 3.84. The summed E-state index contributed by atoms with van der Waals surface area (Å²) in [5, 5.41) is 1.69. The van der Waals surface area contributed by atoms with Crippen LogP contribution in [0.1, 0.15) is 46.0 Å². The normalized spacial score (nSPS) is 28.1. The van der Waals surface area contributed by atoms with E-state index in [0.717, 1.165) is 31.5 Å². The second-order valence-electron chi connectivity index (χ2n) is 6.00. The van der Waals surface area contributed by atoms with E-state index in [4.69, 9.17) is 14.3 Å². The predicted octanol–water partition coefficient (Wildman–Crippen LogP) is 1.42. The second-order valence-corrected chi connectivity index (χ2v) is 6.00. The fourth-order valence-electron chi connectivity index (χ4n) is 3.18. The first-order valence-corrected chi connectivity index (χ1v) is 7.95. The number of hydrogen-bond donors (Lipinski definition) is 0. The number of carbonyl (C=O) groups is 2. The zero-order valence-corrected chi connectivity index (χ0v) is 13.1. The summed E-state index contributed by atoms with van der Waals surface area (Å²) in [4.78, 5) is 34.6. The monoisotopic (exact) mass is 310 g/mol. The molecule has 0 N–H and O–H groups in total. The van der Waals surface area contributed by atoms with Crippen molar-refractivity contribution in [3.05, 3.63) is 0 Å². The van der Waals surface area contributed by atoms with Crippen LogP contribution >= 0.6 is 0 Å². The van der Waals surface area contributed by atoms with Gasteiger partial charge in [-0.3, -0.25) is 4.79 Å². The van der Waals surface area contributed by atoms with Gasteiger partial charge in [0.25, 0.3) is 5.72 Å². The maximum atomic E-state index is 12.4. The lowest BCUT2D eigenvalue weighted by atomic mass is 9.94. The Bertz CT molecular complexity index is 514. The number of hydroxylamine groups is 2. The maximum absolute atomic E-state index is 12.4. The van der Waals surface area contributed by atoms with Gasteiger partial charge in [-0.1, -0.05) is 0 Å². The number of amidine groups is 1. The Hall–Kier alpha value is -1.63. The Morgan fingerprint density at radius 2 is 1.95 bits per heavy atom. The van der Waals surface area contributed by atoms with Gasteiger partial charge in [0.05, 0.1) is 13.2 Å². The van der Waals surface area contributed by atoms with Gasteiger partial charge in [0.15, 0.2) is 0 Å². The topological polar surface area (TPSA) is 77.4 Å². The average Bonchev–Trinajstić information content (AvgIpc) is 3.12.